The van der Waals surface area contributed by atoms with E-state index in [1.54, 1.807) is 18.2 Å². The molecule has 158 valence electrons. The van der Waals surface area contributed by atoms with E-state index in [2.05, 4.69) is 21.4 Å². The topological polar surface area (TPSA) is 167 Å². The molecule has 3 N–H and O–H groups in total. The van der Waals surface area contributed by atoms with Gasteiger partial charge in [0.2, 0.25) is 11.8 Å². The SMILES string of the molecule is COCc1[nH]nc2c1[C@@H](c1ccc(OC)c(-n3cc([N+](=O)[O-])cn3)c1)C(C#N)=C(N)O2. The van der Waals surface area contributed by atoms with E-state index < -0.39 is 10.8 Å². The minimum absolute atomic E-state index is 0.0532. The fourth-order valence-electron chi connectivity index (χ4n) is 3.50. The summed E-state index contributed by atoms with van der Waals surface area (Å²) in [5, 5.41) is 31.9. The highest BCUT2D eigenvalue weighted by molar-refractivity contribution is 5.59. The van der Waals surface area contributed by atoms with Gasteiger partial charge in [0.05, 0.1) is 35.8 Å². The third-order valence-electron chi connectivity index (χ3n) is 4.87. The van der Waals surface area contributed by atoms with Crippen LogP contribution in [0.2, 0.25) is 0 Å². The smallest absolute Gasteiger partial charge is 0.307 e. The van der Waals surface area contributed by atoms with Crippen LogP contribution in [0, 0.1) is 21.4 Å². The monoisotopic (exact) mass is 423 g/mol. The fraction of sp³-hybridized carbons (Fsp3) is 0.211. The lowest BCUT2D eigenvalue weighted by atomic mass is 9.84. The summed E-state index contributed by atoms with van der Waals surface area (Å²) < 4.78 is 17.5. The highest BCUT2D eigenvalue weighted by Crippen LogP contribution is 2.44. The molecule has 3 aromatic rings. The van der Waals surface area contributed by atoms with Crippen molar-refractivity contribution >= 4 is 5.69 Å². The number of fused-ring (bicyclic) bond motifs is 1. The second-order valence-electron chi connectivity index (χ2n) is 6.61. The second kappa shape index (κ2) is 7.81. The van der Waals surface area contributed by atoms with Gasteiger partial charge in [-0.25, -0.2) is 4.68 Å². The Balaban J connectivity index is 1.90. The third-order valence-corrected chi connectivity index (χ3v) is 4.87. The Hall–Kier alpha value is -4.37. The van der Waals surface area contributed by atoms with Crippen LogP contribution in [0.4, 0.5) is 5.69 Å². The van der Waals surface area contributed by atoms with Crippen molar-refractivity contribution < 1.29 is 19.1 Å². The Morgan fingerprint density at radius 2 is 2.26 bits per heavy atom. The van der Waals surface area contributed by atoms with Crippen molar-refractivity contribution in [2.45, 2.75) is 12.5 Å². The van der Waals surface area contributed by atoms with Crippen molar-refractivity contribution in [1.82, 2.24) is 20.0 Å². The van der Waals surface area contributed by atoms with E-state index >= 15 is 0 Å². The van der Waals surface area contributed by atoms with Gasteiger partial charge in [-0.15, -0.1) is 5.10 Å². The number of nitro groups is 1. The summed E-state index contributed by atoms with van der Waals surface area (Å²) in [6, 6.07) is 7.30. The number of nitrogens with one attached hydrogen (secondary N) is 1. The number of nitrogens with zero attached hydrogens (tertiary/aromatic N) is 5. The van der Waals surface area contributed by atoms with Crippen molar-refractivity contribution in [3.8, 4) is 23.4 Å². The van der Waals surface area contributed by atoms with Gasteiger partial charge in [-0.2, -0.15) is 10.4 Å². The van der Waals surface area contributed by atoms with Crippen LogP contribution in [0.3, 0.4) is 0 Å². The number of methoxy groups -OCH3 is 2. The average molecular weight is 423 g/mol. The van der Waals surface area contributed by atoms with Crippen molar-refractivity contribution in [2.24, 2.45) is 5.73 Å². The molecule has 1 aliphatic rings. The van der Waals surface area contributed by atoms with Gasteiger partial charge in [-0.05, 0) is 17.7 Å². The molecule has 12 nitrogen and oxygen atoms in total. The van der Waals surface area contributed by atoms with Gasteiger partial charge >= 0.3 is 5.69 Å². The molecule has 0 aliphatic carbocycles. The van der Waals surface area contributed by atoms with Crippen molar-refractivity contribution in [3.05, 3.63) is 69.0 Å². The molecule has 1 atom stereocenters. The van der Waals surface area contributed by atoms with Crippen LogP contribution in [0.5, 0.6) is 11.6 Å². The summed E-state index contributed by atoms with van der Waals surface area (Å²) in [4.78, 5) is 10.5. The highest BCUT2D eigenvalue weighted by atomic mass is 16.6. The molecule has 3 heterocycles. The lowest BCUT2D eigenvalue weighted by Gasteiger charge is -2.24. The number of aromatic nitrogens is 4. The normalized spacial score (nSPS) is 15.2. The predicted octanol–water partition coefficient (Wildman–Crippen LogP) is 1.88. The molecule has 0 bridgehead atoms. The van der Waals surface area contributed by atoms with E-state index in [0.717, 1.165) is 6.20 Å². The number of benzene rings is 1. The van der Waals surface area contributed by atoms with E-state index in [-0.39, 0.29) is 29.6 Å². The van der Waals surface area contributed by atoms with Crippen LogP contribution in [-0.2, 0) is 11.3 Å². The molecule has 0 unspecified atom stereocenters. The molecule has 0 radical (unpaired) electrons. The van der Waals surface area contributed by atoms with Gasteiger partial charge < -0.3 is 19.9 Å². The molecule has 0 amide bonds. The third kappa shape index (κ3) is 3.32. The minimum Gasteiger partial charge on any atom is -0.494 e. The molecular weight excluding hydrogens is 406 g/mol. The molecule has 12 heteroatoms. The first kappa shape index (κ1) is 19.9. The number of hydrogen-bond donors (Lipinski definition) is 2. The molecule has 31 heavy (non-hydrogen) atoms. The van der Waals surface area contributed by atoms with Crippen LogP contribution in [0.25, 0.3) is 5.69 Å². The average Bonchev–Trinajstić information content (AvgIpc) is 3.40. The van der Waals surface area contributed by atoms with E-state index in [1.165, 1.54) is 25.1 Å². The lowest BCUT2D eigenvalue weighted by molar-refractivity contribution is -0.384. The van der Waals surface area contributed by atoms with Crippen LogP contribution in [-0.4, -0.2) is 39.1 Å². The number of aromatic amines is 1. The molecule has 1 aliphatic heterocycles. The maximum Gasteiger partial charge on any atom is 0.307 e. The standard InChI is InChI=1S/C19H17N7O5/c1-29-9-13-17-16(12(6-20)18(21)31-19(17)24-23-13)10-3-4-15(30-2)14(5-10)25-8-11(7-22-25)26(27)28/h3-5,7-8,16H,9,21H2,1-2H3,(H,23,24)/t16-/m0/s1. The fourth-order valence-corrected chi connectivity index (χ4v) is 3.50. The molecule has 0 saturated heterocycles. The number of ether oxygens (including phenoxy) is 3. The van der Waals surface area contributed by atoms with Gasteiger partial charge in [0, 0.05) is 7.11 Å². The Morgan fingerprint density at radius 3 is 2.90 bits per heavy atom. The number of rotatable bonds is 6. The maximum atomic E-state index is 11.1. The number of hydrogen-bond acceptors (Lipinski definition) is 9. The van der Waals surface area contributed by atoms with Crippen molar-refractivity contribution in [2.75, 3.05) is 14.2 Å². The largest absolute Gasteiger partial charge is 0.494 e. The van der Waals surface area contributed by atoms with Gasteiger partial charge in [-0.3, -0.25) is 15.2 Å². The quantitative estimate of drug-likeness (QED) is 0.444. The Labute approximate surface area is 175 Å². The van der Waals surface area contributed by atoms with Gasteiger partial charge in [0.1, 0.15) is 35.5 Å². The van der Waals surface area contributed by atoms with Crippen molar-refractivity contribution in [3.63, 3.8) is 0 Å². The lowest BCUT2D eigenvalue weighted by Crippen LogP contribution is -2.21. The second-order valence-corrected chi connectivity index (χ2v) is 6.61. The zero-order valence-electron chi connectivity index (χ0n) is 16.5. The van der Waals surface area contributed by atoms with Crippen LogP contribution in [0.15, 0.2) is 42.0 Å². The molecule has 1 aromatic carbocycles. The van der Waals surface area contributed by atoms with Gasteiger partial charge in [0.15, 0.2) is 0 Å². The Kier molecular flexibility index (Phi) is 5.02. The number of nitriles is 1. The summed E-state index contributed by atoms with van der Waals surface area (Å²) in [5.41, 5.74) is 8.40. The van der Waals surface area contributed by atoms with Crippen LogP contribution in [0.1, 0.15) is 22.7 Å². The number of H-pyrrole nitrogens is 1. The molecule has 2 aromatic heterocycles. The molecular formula is C19H17N7O5. The summed E-state index contributed by atoms with van der Waals surface area (Å²) in [6.45, 7) is 0.217. The zero-order valence-corrected chi connectivity index (χ0v) is 16.5. The highest BCUT2D eigenvalue weighted by Gasteiger charge is 2.35. The predicted molar refractivity (Wildman–Crippen MR) is 105 cm³/mol. The summed E-state index contributed by atoms with van der Waals surface area (Å²) in [5.74, 6) is 0.0323. The first-order valence-corrected chi connectivity index (χ1v) is 8.99. The number of nitrogens with two attached hydrogens (primary N) is 1. The minimum atomic E-state index is -0.604. The first-order valence-electron chi connectivity index (χ1n) is 8.99. The van der Waals surface area contributed by atoms with Gasteiger partial charge in [0.25, 0.3) is 0 Å². The van der Waals surface area contributed by atoms with Gasteiger partial charge in [-0.1, -0.05) is 6.07 Å². The van der Waals surface area contributed by atoms with Crippen molar-refractivity contribution in [1.29, 1.82) is 5.26 Å². The summed E-state index contributed by atoms with van der Waals surface area (Å²) in [7, 11) is 3.02. The Morgan fingerprint density at radius 1 is 1.45 bits per heavy atom. The van der Waals surface area contributed by atoms with E-state index in [0.29, 0.717) is 28.3 Å². The summed E-state index contributed by atoms with van der Waals surface area (Å²) in [6.07, 6.45) is 2.42. The molecule has 0 spiro atoms. The molecule has 0 fully saturated rings. The maximum absolute atomic E-state index is 11.1. The van der Waals surface area contributed by atoms with E-state index in [9.17, 15) is 15.4 Å². The Bertz CT molecular complexity index is 1240. The number of allylic oxidation sites excluding steroid dienone is 1. The summed E-state index contributed by atoms with van der Waals surface area (Å²) >= 11 is 0. The van der Waals surface area contributed by atoms with E-state index in [1.807, 2.05) is 0 Å². The van der Waals surface area contributed by atoms with Crippen LogP contribution < -0.4 is 15.2 Å². The first-order chi connectivity index (χ1) is 15.0. The van der Waals surface area contributed by atoms with E-state index in [4.69, 9.17) is 19.9 Å². The van der Waals surface area contributed by atoms with Crippen LogP contribution >= 0.6 is 0 Å². The molecule has 4 rings (SSSR count). The zero-order chi connectivity index (χ0) is 22.1. The molecule has 0 saturated carbocycles.